The topological polar surface area (TPSA) is 50.4 Å². The molecule has 0 atom stereocenters. The summed E-state index contributed by atoms with van der Waals surface area (Å²) in [6, 6.07) is 14.2. The van der Waals surface area contributed by atoms with Crippen molar-refractivity contribution in [3.63, 3.8) is 0 Å². The van der Waals surface area contributed by atoms with Crippen LogP contribution >= 0.6 is 27.5 Å². The average molecular weight is 370 g/mol. The molecule has 4 nitrogen and oxygen atoms in total. The number of hydrogen-bond donors (Lipinski definition) is 2. The van der Waals surface area contributed by atoms with E-state index in [2.05, 4.69) is 26.6 Å². The fourth-order valence-corrected chi connectivity index (χ4v) is 2.04. The van der Waals surface area contributed by atoms with E-state index in [1.807, 2.05) is 36.4 Å². The second-order valence-corrected chi connectivity index (χ2v) is 5.55. The Morgan fingerprint density at radius 3 is 2.67 bits per heavy atom. The first-order chi connectivity index (χ1) is 10.1. The molecule has 0 unspecified atom stereocenters. The van der Waals surface area contributed by atoms with Gasteiger partial charge < -0.3 is 15.4 Å². The second kappa shape index (κ2) is 7.90. The molecule has 2 aromatic rings. The van der Waals surface area contributed by atoms with Crippen LogP contribution < -0.4 is 15.4 Å². The minimum atomic E-state index is -0.271. The van der Waals surface area contributed by atoms with Crippen molar-refractivity contribution in [2.24, 2.45) is 0 Å². The molecule has 0 aromatic heterocycles. The first-order valence-corrected chi connectivity index (χ1v) is 7.49. The van der Waals surface area contributed by atoms with Crippen LogP contribution in [0, 0.1) is 0 Å². The van der Waals surface area contributed by atoms with Gasteiger partial charge in [0, 0.05) is 15.2 Å². The summed E-state index contributed by atoms with van der Waals surface area (Å²) >= 11 is 9.18. The molecule has 0 bridgehead atoms. The first-order valence-electron chi connectivity index (χ1n) is 6.32. The average Bonchev–Trinajstić information content (AvgIpc) is 2.46. The van der Waals surface area contributed by atoms with Crippen LogP contribution in [-0.2, 0) is 0 Å². The quantitative estimate of drug-likeness (QED) is 0.772. The van der Waals surface area contributed by atoms with Crippen LogP contribution in [0.15, 0.2) is 53.0 Å². The lowest BCUT2D eigenvalue weighted by atomic mass is 10.3. The number of nitrogens with one attached hydrogen (secondary N) is 2. The molecule has 2 N–H and O–H groups in total. The largest absolute Gasteiger partial charge is 0.492 e. The maximum absolute atomic E-state index is 11.7. The zero-order valence-electron chi connectivity index (χ0n) is 11.1. The van der Waals surface area contributed by atoms with E-state index >= 15 is 0 Å². The number of carbonyl (C=O) groups excluding carboxylic acids is 1. The number of carbonyl (C=O) groups is 1. The lowest BCUT2D eigenvalue weighted by Crippen LogP contribution is -2.32. The number of amides is 2. The van der Waals surface area contributed by atoms with E-state index in [4.69, 9.17) is 16.3 Å². The van der Waals surface area contributed by atoms with E-state index in [0.29, 0.717) is 23.9 Å². The Labute approximate surface area is 136 Å². The molecule has 110 valence electrons. The first kappa shape index (κ1) is 15.7. The molecule has 0 spiro atoms. The Balaban J connectivity index is 1.68. The Hall–Kier alpha value is -1.72. The van der Waals surface area contributed by atoms with Crippen molar-refractivity contribution >= 4 is 39.2 Å². The van der Waals surface area contributed by atoms with Crippen molar-refractivity contribution in [1.29, 1.82) is 0 Å². The highest BCUT2D eigenvalue weighted by Gasteiger charge is 2.01. The van der Waals surface area contributed by atoms with Crippen LogP contribution in [0.2, 0.25) is 5.02 Å². The third kappa shape index (κ3) is 5.65. The van der Waals surface area contributed by atoms with Crippen LogP contribution in [0.4, 0.5) is 10.5 Å². The van der Waals surface area contributed by atoms with Gasteiger partial charge in [-0.2, -0.15) is 0 Å². The molecule has 0 saturated heterocycles. The number of benzene rings is 2. The second-order valence-electron chi connectivity index (χ2n) is 4.19. The molecular weight excluding hydrogens is 356 g/mol. The normalized spacial score (nSPS) is 10.0. The highest BCUT2D eigenvalue weighted by atomic mass is 79.9. The number of urea groups is 1. The van der Waals surface area contributed by atoms with E-state index in [-0.39, 0.29) is 6.03 Å². The number of hydrogen-bond acceptors (Lipinski definition) is 2. The van der Waals surface area contributed by atoms with Crippen molar-refractivity contribution in [2.75, 3.05) is 18.5 Å². The predicted molar refractivity (Wildman–Crippen MR) is 88.1 cm³/mol. The summed E-state index contributed by atoms with van der Waals surface area (Å²) in [4.78, 5) is 11.7. The van der Waals surface area contributed by atoms with Crippen LogP contribution in [0.5, 0.6) is 5.75 Å². The molecule has 6 heteroatoms. The van der Waals surface area contributed by atoms with Gasteiger partial charge in [0.15, 0.2) is 0 Å². The Morgan fingerprint density at radius 2 is 1.95 bits per heavy atom. The van der Waals surface area contributed by atoms with Crippen molar-refractivity contribution in [3.05, 3.63) is 58.0 Å². The van der Waals surface area contributed by atoms with Crippen LogP contribution in [0.1, 0.15) is 0 Å². The lowest BCUT2D eigenvalue weighted by molar-refractivity contribution is 0.247. The van der Waals surface area contributed by atoms with E-state index in [1.54, 1.807) is 12.1 Å². The van der Waals surface area contributed by atoms with E-state index in [9.17, 15) is 4.79 Å². The van der Waals surface area contributed by atoms with Crippen LogP contribution in [0.25, 0.3) is 0 Å². The van der Waals surface area contributed by atoms with E-state index < -0.39 is 0 Å². The summed E-state index contributed by atoms with van der Waals surface area (Å²) in [5.41, 5.74) is 0.728. The summed E-state index contributed by atoms with van der Waals surface area (Å²) in [6.07, 6.45) is 0. The van der Waals surface area contributed by atoms with Gasteiger partial charge in [-0.05, 0) is 42.5 Å². The summed E-state index contributed by atoms with van der Waals surface area (Å²) in [5, 5.41) is 6.06. The molecule has 21 heavy (non-hydrogen) atoms. The maximum atomic E-state index is 11.7. The Bertz CT molecular complexity index is 605. The van der Waals surface area contributed by atoms with Crippen molar-refractivity contribution in [1.82, 2.24) is 5.32 Å². The summed E-state index contributed by atoms with van der Waals surface area (Å²) < 4.78 is 6.43. The summed E-state index contributed by atoms with van der Waals surface area (Å²) in [6.45, 7) is 0.767. The molecule has 0 fully saturated rings. The molecule has 0 aliphatic carbocycles. The molecule has 0 radical (unpaired) electrons. The molecule has 2 amide bonds. The van der Waals surface area contributed by atoms with Gasteiger partial charge in [0.2, 0.25) is 0 Å². The van der Waals surface area contributed by atoms with Gasteiger partial charge in [0.25, 0.3) is 0 Å². The van der Waals surface area contributed by atoms with Crippen molar-refractivity contribution < 1.29 is 9.53 Å². The van der Waals surface area contributed by atoms with Gasteiger partial charge in [-0.3, -0.25) is 0 Å². The molecule has 2 aromatic carbocycles. The zero-order valence-corrected chi connectivity index (χ0v) is 13.4. The fourth-order valence-electron chi connectivity index (χ4n) is 1.60. The third-order valence-electron chi connectivity index (χ3n) is 2.55. The van der Waals surface area contributed by atoms with Crippen LogP contribution in [0.3, 0.4) is 0 Å². The molecule has 0 heterocycles. The summed E-state index contributed by atoms with van der Waals surface area (Å²) in [5.74, 6) is 0.678. The van der Waals surface area contributed by atoms with E-state index in [0.717, 1.165) is 10.2 Å². The van der Waals surface area contributed by atoms with Gasteiger partial charge in [-0.1, -0.05) is 33.6 Å². The third-order valence-corrected chi connectivity index (χ3v) is 3.32. The summed E-state index contributed by atoms with van der Waals surface area (Å²) in [7, 11) is 0. The number of halogens is 2. The van der Waals surface area contributed by atoms with Gasteiger partial charge in [-0.15, -0.1) is 0 Å². The fraction of sp³-hybridized carbons (Fsp3) is 0.133. The molecule has 0 aliphatic heterocycles. The predicted octanol–water partition coefficient (Wildman–Crippen LogP) is 4.30. The number of rotatable bonds is 5. The van der Waals surface area contributed by atoms with Gasteiger partial charge in [-0.25, -0.2) is 4.79 Å². The monoisotopic (exact) mass is 368 g/mol. The molecule has 2 rings (SSSR count). The standard InChI is InChI=1S/C15H14BrClN2O2/c16-11-4-6-13(7-5-11)19-15(20)18-8-9-21-14-3-1-2-12(17)10-14/h1-7,10H,8-9H2,(H2,18,19,20). The molecule has 0 saturated carbocycles. The highest BCUT2D eigenvalue weighted by molar-refractivity contribution is 9.10. The molecule has 0 aliphatic rings. The zero-order chi connectivity index (χ0) is 15.1. The smallest absolute Gasteiger partial charge is 0.319 e. The highest BCUT2D eigenvalue weighted by Crippen LogP contribution is 2.16. The van der Waals surface area contributed by atoms with Crippen molar-refractivity contribution in [3.8, 4) is 5.75 Å². The van der Waals surface area contributed by atoms with Gasteiger partial charge in [0.05, 0.1) is 6.54 Å². The van der Waals surface area contributed by atoms with Gasteiger partial charge in [0.1, 0.15) is 12.4 Å². The van der Waals surface area contributed by atoms with Crippen LogP contribution in [-0.4, -0.2) is 19.2 Å². The van der Waals surface area contributed by atoms with Gasteiger partial charge >= 0.3 is 6.03 Å². The number of anilines is 1. The van der Waals surface area contributed by atoms with Crippen molar-refractivity contribution in [2.45, 2.75) is 0 Å². The Morgan fingerprint density at radius 1 is 1.19 bits per heavy atom. The van der Waals surface area contributed by atoms with E-state index in [1.165, 1.54) is 0 Å². The minimum absolute atomic E-state index is 0.271. The SMILES string of the molecule is O=C(NCCOc1cccc(Cl)c1)Nc1ccc(Br)cc1. The number of ether oxygens (including phenoxy) is 1. The lowest BCUT2D eigenvalue weighted by Gasteiger charge is -2.09. The Kier molecular flexibility index (Phi) is 5.90. The maximum Gasteiger partial charge on any atom is 0.319 e. The minimum Gasteiger partial charge on any atom is -0.492 e. The molecular formula is C15H14BrClN2O2.